The highest BCUT2D eigenvalue weighted by molar-refractivity contribution is 6.67. The van der Waals surface area contributed by atoms with Gasteiger partial charge in [-0.2, -0.15) is 0 Å². The summed E-state index contributed by atoms with van der Waals surface area (Å²) in [6.45, 7) is 7.21. The molecule has 1 N–H and O–H groups in total. The average molecular weight is 321 g/mol. The largest absolute Gasteiger partial charge is 0.478 e. The van der Waals surface area contributed by atoms with Crippen LogP contribution in [0.1, 0.15) is 43.5 Å². The molecule has 0 spiro atoms. The van der Waals surface area contributed by atoms with Gasteiger partial charge in [-0.15, -0.1) is 0 Å². The van der Waals surface area contributed by atoms with Gasteiger partial charge in [0.25, 0.3) is 5.24 Å². The predicted octanol–water partition coefficient (Wildman–Crippen LogP) is 3.47. The maximum absolute atomic E-state index is 10.7. The van der Waals surface area contributed by atoms with Crippen molar-refractivity contribution in [3.05, 3.63) is 58.2 Å². The Morgan fingerprint density at radius 3 is 1.41 bits per heavy atom. The van der Waals surface area contributed by atoms with E-state index in [0.717, 1.165) is 22.8 Å². The van der Waals surface area contributed by atoms with Crippen molar-refractivity contribution < 1.29 is 14.7 Å². The zero-order valence-corrected chi connectivity index (χ0v) is 13.6. The molecule has 0 aliphatic rings. The Bertz CT molecular complexity index is 613. The van der Waals surface area contributed by atoms with E-state index in [1.54, 1.807) is 38.1 Å². The van der Waals surface area contributed by atoms with E-state index in [-0.39, 0.29) is 0 Å². The summed E-state index contributed by atoms with van der Waals surface area (Å²) < 4.78 is 0. The minimum atomic E-state index is -0.904. The van der Waals surface area contributed by atoms with Gasteiger partial charge in [-0.3, -0.25) is 14.8 Å². The molecule has 22 heavy (non-hydrogen) atoms. The Balaban J connectivity index is 0.000000220. The van der Waals surface area contributed by atoms with Gasteiger partial charge in [-0.25, -0.2) is 4.79 Å². The average Bonchev–Trinajstić information content (AvgIpc) is 2.37. The van der Waals surface area contributed by atoms with Crippen molar-refractivity contribution in [1.29, 1.82) is 0 Å². The first-order chi connectivity index (χ1) is 10.2. The topological polar surface area (TPSA) is 80.2 Å². The SMILES string of the molecule is Cc1cc(C(=O)Cl)cc(C)n1.Cc1cc(C(=O)O)cc(C)n1. The van der Waals surface area contributed by atoms with E-state index < -0.39 is 11.2 Å². The van der Waals surface area contributed by atoms with E-state index in [1.807, 2.05) is 13.8 Å². The molecule has 2 rings (SSSR count). The van der Waals surface area contributed by atoms with Crippen molar-refractivity contribution in [3.8, 4) is 0 Å². The van der Waals surface area contributed by atoms with Crippen LogP contribution in [-0.4, -0.2) is 26.3 Å². The summed E-state index contributed by atoms with van der Waals surface area (Å²) in [7, 11) is 0. The normalized spacial score (nSPS) is 9.68. The van der Waals surface area contributed by atoms with Crippen LogP contribution in [0.4, 0.5) is 0 Å². The lowest BCUT2D eigenvalue weighted by molar-refractivity contribution is 0.0696. The number of aromatic nitrogens is 2. The monoisotopic (exact) mass is 320 g/mol. The lowest BCUT2D eigenvalue weighted by atomic mass is 10.2. The summed E-state index contributed by atoms with van der Waals surface area (Å²) in [6, 6.07) is 6.44. The van der Waals surface area contributed by atoms with Crippen molar-refractivity contribution in [2.75, 3.05) is 0 Å². The second-order valence-electron chi connectivity index (χ2n) is 4.86. The van der Waals surface area contributed by atoms with Gasteiger partial charge in [-0.05, 0) is 63.6 Å². The maximum Gasteiger partial charge on any atom is 0.335 e. The Hall–Kier alpha value is -2.27. The fourth-order valence-electron chi connectivity index (χ4n) is 1.91. The van der Waals surface area contributed by atoms with Crippen LogP contribution >= 0.6 is 11.6 Å². The molecule has 0 bridgehead atoms. The number of carboxylic acid groups (broad SMARTS) is 1. The Labute approximate surface area is 134 Å². The van der Waals surface area contributed by atoms with Gasteiger partial charge in [0.05, 0.1) is 5.56 Å². The van der Waals surface area contributed by atoms with Crippen LogP contribution in [-0.2, 0) is 0 Å². The highest BCUT2D eigenvalue weighted by Gasteiger charge is 2.03. The molecule has 0 aliphatic carbocycles. The minimum absolute atomic E-state index is 0.301. The third kappa shape index (κ3) is 5.61. The number of hydrogen-bond donors (Lipinski definition) is 1. The molecular formula is C16H17ClN2O3. The molecule has 0 aliphatic heterocycles. The number of halogens is 1. The zero-order chi connectivity index (χ0) is 16.9. The minimum Gasteiger partial charge on any atom is -0.478 e. The van der Waals surface area contributed by atoms with E-state index in [2.05, 4.69) is 9.97 Å². The third-order valence-corrected chi connectivity index (χ3v) is 2.86. The molecule has 0 aromatic carbocycles. The number of pyridine rings is 2. The number of carbonyl (C=O) groups excluding carboxylic acids is 1. The smallest absolute Gasteiger partial charge is 0.335 e. The van der Waals surface area contributed by atoms with Crippen molar-refractivity contribution in [3.63, 3.8) is 0 Å². The van der Waals surface area contributed by atoms with Crippen LogP contribution in [0.15, 0.2) is 24.3 Å². The van der Waals surface area contributed by atoms with Crippen LogP contribution < -0.4 is 0 Å². The number of aromatic carboxylic acids is 1. The first-order valence-electron chi connectivity index (χ1n) is 6.52. The first-order valence-corrected chi connectivity index (χ1v) is 6.90. The molecule has 0 amide bonds. The van der Waals surface area contributed by atoms with Crippen LogP contribution in [0.2, 0.25) is 0 Å². The van der Waals surface area contributed by atoms with Crippen molar-refractivity contribution in [2.24, 2.45) is 0 Å². The molecule has 2 aromatic rings. The van der Waals surface area contributed by atoms with E-state index >= 15 is 0 Å². The standard InChI is InChI=1S/C8H8ClNO.C8H9NO2/c1-5-3-7(8(9)11)4-6(2)10-5;1-5-3-7(8(10)11)4-6(2)9-5/h3-4H,1-2H3;3-4H,1-2H3,(H,10,11). The van der Waals surface area contributed by atoms with Gasteiger partial charge in [0.1, 0.15) is 0 Å². The van der Waals surface area contributed by atoms with E-state index in [1.165, 1.54) is 0 Å². The molecule has 0 unspecified atom stereocenters. The highest BCUT2D eigenvalue weighted by Crippen LogP contribution is 2.07. The fourth-order valence-corrected chi connectivity index (χ4v) is 2.02. The molecule has 0 saturated heterocycles. The molecule has 0 radical (unpaired) electrons. The third-order valence-electron chi connectivity index (χ3n) is 2.64. The van der Waals surface area contributed by atoms with E-state index in [0.29, 0.717) is 11.1 Å². The highest BCUT2D eigenvalue weighted by atomic mass is 35.5. The Morgan fingerprint density at radius 2 is 1.14 bits per heavy atom. The summed E-state index contributed by atoms with van der Waals surface area (Å²) >= 11 is 5.28. The van der Waals surface area contributed by atoms with Crippen LogP contribution in [0.5, 0.6) is 0 Å². The molecule has 0 fully saturated rings. The number of carbonyl (C=O) groups is 2. The van der Waals surface area contributed by atoms with Gasteiger partial charge >= 0.3 is 5.97 Å². The lowest BCUT2D eigenvalue weighted by Gasteiger charge is -1.97. The molecule has 2 heterocycles. The number of rotatable bonds is 2. The molecule has 0 atom stereocenters. The molecule has 5 nitrogen and oxygen atoms in total. The molecule has 6 heteroatoms. The second-order valence-corrected chi connectivity index (χ2v) is 5.20. The second kappa shape index (κ2) is 7.66. The summed E-state index contributed by atoms with van der Waals surface area (Å²) in [5, 5.41) is 8.17. The number of aryl methyl sites for hydroxylation is 4. The molecule has 116 valence electrons. The van der Waals surface area contributed by atoms with Gasteiger partial charge in [0.15, 0.2) is 0 Å². The Morgan fingerprint density at radius 1 is 0.818 bits per heavy atom. The van der Waals surface area contributed by atoms with Crippen molar-refractivity contribution in [1.82, 2.24) is 9.97 Å². The van der Waals surface area contributed by atoms with Crippen LogP contribution in [0, 0.1) is 27.7 Å². The first kappa shape index (κ1) is 17.8. The van der Waals surface area contributed by atoms with Crippen molar-refractivity contribution >= 4 is 22.8 Å². The zero-order valence-electron chi connectivity index (χ0n) is 12.8. The van der Waals surface area contributed by atoms with Gasteiger partial charge in [-0.1, -0.05) is 0 Å². The van der Waals surface area contributed by atoms with Crippen molar-refractivity contribution in [2.45, 2.75) is 27.7 Å². The predicted molar refractivity (Wildman–Crippen MR) is 84.6 cm³/mol. The fraction of sp³-hybridized carbons (Fsp3) is 0.250. The van der Waals surface area contributed by atoms with E-state index in [4.69, 9.17) is 16.7 Å². The van der Waals surface area contributed by atoms with Gasteiger partial charge in [0.2, 0.25) is 0 Å². The number of nitrogens with zero attached hydrogens (tertiary/aromatic N) is 2. The Kier molecular flexibility index (Phi) is 6.19. The van der Waals surface area contributed by atoms with Gasteiger partial charge < -0.3 is 5.11 Å². The maximum atomic E-state index is 10.7. The van der Waals surface area contributed by atoms with Crippen LogP contribution in [0.25, 0.3) is 0 Å². The van der Waals surface area contributed by atoms with Crippen LogP contribution in [0.3, 0.4) is 0 Å². The molecule has 0 saturated carbocycles. The lowest BCUT2D eigenvalue weighted by Crippen LogP contribution is -1.99. The molecular weight excluding hydrogens is 304 g/mol. The summed E-state index contributed by atoms with van der Waals surface area (Å²) in [4.78, 5) is 29.3. The number of hydrogen-bond acceptors (Lipinski definition) is 4. The van der Waals surface area contributed by atoms with E-state index in [9.17, 15) is 9.59 Å². The molecule has 2 aromatic heterocycles. The number of carboxylic acids is 1. The summed E-state index contributed by atoms with van der Waals surface area (Å²) in [5.74, 6) is -0.904. The quantitative estimate of drug-likeness (QED) is 0.857. The summed E-state index contributed by atoms with van der Waals surface area (Å²) in [5.41, 5.74) is 3.92. The summed E-state index contributed by atoms with van der Waals surface area (Å²) in [6.07, 6.45) is 0. The van der Waals surface area contributed by atoms with Gasteiger partial charge in [0, 0.05) is 28.3 Å².